The molecule has 0 unspecified atom stereocenters. The predicted molar refractivity (Wildman–Crippen MR) is 139 cm³/mol. The number of nitrogens with two attached hydrogens (primary N) is 1. The lowest BCUT2D eigenvalue weighted by molar-refractivity contribution is 0.0950. The van der Waals surface area contributed by atoms with Gasteiger partial charge in [-0.3, -0.25) is 14.8 Å². The number of aromatic amines is 1. The highest BCUT2D eigenvalue weighted by Gasteiger charge is 2.12. The standard InChI is InChI=1S/C27H23ClN6O/c1-15-5-20-6-17(8-22(16(2)29)25(20)31-11-15)7-21-10-19(3-4-30-21)27(35)34-13-18-9-23-24(28)14-33-26(23)32-12-18/h3-6,8-12,14H,2,7,13,29H2,1H3,(H,32,33)(H,34,35). The van der Waals surface area contributed by atoms with E-state index >= 15 is 0 Å². The van der Waals surface area contributed by atoms with Gasteiger partial charge in [0.05, 0.1) is 10.5 Å². The molecule has 0 bridgehead atoms. The zero-order valence-electron chi connectivity index (χ0n) is 19.1. The third-order valence-electron chi connectivity index (χ3n) is 5.78. The van der Waals surface area contributed by atoms with Crippen molar-refractivity contribution in [3.63, 3.8) is 0 Å². The van der Waals surface area contributed by atoms with E-state index in [4.69, 9.17) is 17.3 Å². The van der Waals surface area contributed by atoms with Gasteiger partial charge in [0.15, 0.2) is 0 Å². The average Bonchev–Trinajstić information content (AvgIpc) is 3.22. The summed E-state index contributed by atoms with van der Waals surface area (Å²) in [5.74, 6) is -0.191. The third-order valence-corrected chi connectivity index (χ3v) is 6.09. The molecule has 0 saturated carbocycles. The zero-order chi connectivity index (χ0) is 24.5. The molecule has 0 radical (unpaired) electrons. The van der Waals surface area contributed by atoms with Crippen LogP contribution in [0.15, 0.2) is 67.8 Å². The Bertz CT molecular complexity index is 1610. The van der Waals surface area contributed by atoms with Crippen molar-refractivity contribution in [2.24, 2.45) is 5.73 Å². The van der Waals surface area contributed by atoms with Crippen LogP contribution in [-0.4, -0.2) is 25.8 Å². The smallest absolute Gasteiger partial charge is 0.251 e. The molecular weight excluding hydrogens is 460 g/mol. The van der Waals surface area contributed by atoms with Gasteiger partial charge in [-0.1, -0.05) is 18.2 Å². The first-order valence-electron chi connectivity index (χ1n) is 11.1. The van der Waals surface area contributed by atoms with Gasteiger partial charge in [0.1, 0.15) is 5.65 Å². The lowest BCUT2D eigenvalue weighted by Gasteiger charge is -2.11. The normalized spacial score (nSPS) is 11.1. The second-order valence-electron chi connectivity index (χ2n) is 8.52. The minimum atomic E-state index is -0.191. The number of H-pyrrole nitrogens is 1. The summed E-state index contributed by atoms with van der Waals surface area (Å²) in [6.07, 6.45) is 7.41. The first kappa shape index (κ1) is 22.6. The molecular formula is C27H23ClN6O. The fourth-order valence-electron chi connectivity index (χ4n) is 4.09. The molecule has 5 rings (SSSR count). The molecule has 0 aliphatic carbocycles. The molecule has 0 atom stereocenters. The Morgan fingerprint density at radius 2 is 1.97 bits per heavy atom. The van der Waals surface area contributed by atoms with Crippen molar-refractivity contribution in [2.75, 3.05) is 0 Å². The molecule has 35 heavy (non-hydrogen) atoms. The van der Waals surface area contributed by atoms with Gasteiger partial charge in [0.2, 0.25) is 0 Å². The van der Waals surface area contributed by atoms with Gasteiger partial charge in [-0.2, -0.15) is 0 Å². The van der Waals surface area contributed by atoms with Gasteiger partial charge >= 0.3 is 0 Å². The number of hydrogen-bond acceptors (Lipinski definition) is 5. The highest BCUT2D eigenvalue weighted by atomic mass is 35.5. The lowest BCUT2D eigenvalue weighted by Crippen LogP contribution is -2.23. The Morgan fingerprint density at radius 1 is 1.11 bits per heavy atom. The van der Waals surface area contributed by atoms with E-state index in [1.807, 2.05) is 25.3 Å². The number of fused-ring (bicyclic) bond motifs is 2. The summed E-state index contributed by atoms with van der Waals surface area (Å²) in [6.45, 7) is 6.24. The number of pyridine rings is 3. The SMILES string of the molecule is C=C(N)c1cc(Cc2cc(C(=O)NCc3cnc4[nH]cc(Cl)c4c3)ccn2)cc2cc(C)cnc12. The Hall–Kier alpha value is -4.23. The van der Waals surface area contributed by atoms with E-state index in [9.17, 15) is 4.79 Å². The number of benzene rings is 1. The molecule has 5 aromatic rings. The van der Waals surface area contributed by atoms with Crippen LogP contribution in [0.5, 0.6) is 0 Å². The number of rotatable bonds is 6. The van der Waals surface area contributed by atoms with E-state index in [0.717, 1.165) is 44.2 Å². The van der Waals surface area contributed by atoms with E-state index in [0.29, 0.717) is 34.9 Å². The molecule has 8 heteroatoms. The number of carbonyl (C=O) groups is 1. The maximum absolute atomic E-state index is 12.8. The van der Waals surface area contributed by atoms with E-state index in [1.165, 1.54) is 0 Å². The summed E-state index contributed by atoms with van der Waals surface area (Å²) in [5, 5.41) is 5.35. The number of aryl methyl sites for hydroxylation is 1. The fourth-order valence-corrected chi connectivity index (χ4v) is 4.29. The molecule has 0 aliphatic rings. The van der Waals surface area contributed by atoms with Gasteiger partial charge in [-0.25, -0.2) is 4.98 Å². The number of carbonyl (C=O) groups excluding carboxylic acids is 1. The van der Waals surface area contributed by atoms with Crippen LogP contribution in [0.3, 0.4) is 0 Å². The molecule has 4 heterocycles. The zero-order valence-corrected chi connectivity index (χ0v) is 19.9. The Morgan fingerprint density at radius 3 is 2.80 bits per heavy atom. The summed E-state index contributed by atoms with van der Waals surface area (Å²) < 4.78 is 0. The monoisotopic (exact) mass is 482 g/mol. The second kappa shape index (κ2) is 9.19. The third kappa shape index (κ3) is 4.72. The number of amides is 1. The number of halogens is 1. The van der Waals surface area contributed by atoms with Crippen LogP contribution in [0, 0.1) is 6.92 Å². The first-order chi connectivity index (χ1) is 16.9. The Kier molecular flexibility index (Phi) is 5.93. The molecule has 0 fully saturated rings. The maximum Gasteiger partial charge on any atom is 0.251 e. The van der Waals surface area contributed by atoms with Crippen molar-refractivity contribution < 1.29 is 4.79 Å². The molecule has 1 aromatic carbocycles. The van der Waals surface area contributed by atoms with Crippen molar-refractivity contribution in [3.05, 3.63) is 106 Å². The fraction of sp³-hybridized carbons (Fsp3) is 0.111. The molecule has 0 saturated heterocycles. The van der Waals surface area contributed by atoms with Crippen LogP contribution in [-0.2, 0) is 13.0 Å². The molecule has 7 nitrogen and oxygen atoms in total. The molecule has 1 amide bonds. The highest BCUT2D eigenvalue weighted by molar-refractivity contribution is 6.35. The molecule has 4 aromatic heterocycles. The van der Waals surface area contributed by atoms with Crippen LogP contribution in [0.4, 0.5) is 0 Å². The van der Waals surface area contributed by atoms with Crippen molar-refractivity contribution in [3.8, 4) is 0 Å². The maximum atomic E-state index is 12.8. The van der Waals surface area contributed by atoms with Crippen molar-refractivity contribution in [1.29, 1.82) is 0 Å². The van der Waals surface area contributed by atoms with Gasteiger partial charge in [0.25, 0.3) is 5.91 Å². The number of hydrogen-bond donors (Lipinski definition) is 3. The summed E-state index contributed by atoms with van der Waals surface area (Å²) in [5.41, 5.74) is 13.1. The quantitative estimate of drug-likeness (QED) is 0.318. The van der Waals surface area contributed by atoms with E-state index in [1.54, 1.807) is 30.7 Å². The average molecular weight is 483 g/mol. The summed E-state index contributed by atoms with van der Waals surface area (Å²) in [7, 11) is 0. The van der Waals surface area contributed by atoms with Crippen molar-refractivity contribution in [1.82, 2.24) is 25.3 Å². The Labute approximate surface area is 207 Å². The molecule has 0 spiro atoms. The Balaban J connectivity index is 1.34. The van der Waals surface area contributed by atoms with E-state index in [2.05, 4.69) is 44.0 Å². The van der Waals surface area contributed by atoms with Crippen LogP contribution >= 0.6 is 11.6 Å². The minimum Gasteiger partial charge on any atom is -0.399 e. The topological polar surface area (TPSA) is 110 Å². The molecule has 174 valence electrons. The van der Waals surface area contributed by atoms with E-state index in [-0.39, 0.29) is 5.91 Å². The molecule has 4 N–H and O–H groups in total. The largest absolute Gasteiger partial charge is 0.399 e. The lowest BCUT2D eigenvalue weighted by atomic mass is 9.99. The van der Waals surface area contributed by atoms with Gasteiger partial charge in [0, 0.05) is 71.0 Å². The summed E-state index contributed by atoms with van der Waals surface area (Å²) in [4.78, 5) is 29.2. The summed E-state index contributed by atoms with van der Waals surface area (Å²) >= 11 is 6.17. The van der Waals surface area contributed by atoms with Gasteiger partial charge in [-0.15, -0.1) is 0 Å². The van der Waals surface area contributed by atoms with Crippen LogP contribution in [0.1, 0.15) is 38.3 Å². The minimum absolute atomic E-state index is 0.191. The molecule has 0 aliphatic heterocycles. The first-order valence-corrected chi connectivity index (χ1v) is 11.4. The van der Waals surface area contributed by atoms with E-state index < -0.39 is 0 Å². The summed E-state index contributed by atoms with van der Waals surface area (Å²) in [6, 6.07) is 11.5. The van der Waals surface area contributed by atoms with Crippen LogP contribution in [0.25, 0.3) is 27.6 Å². The van der Waals surface area contributed by atoms with Crippen LogP contribution < -0.4 is 11.1 Å². The van der Waals surface area contributed by atoms with Gasteiger partial charge in [-0.05, 0) is 60.0 Å². The van der Waals surface area contributed by atoms with Crippen molar-refractivity contribution in [2.45, 2.75) is 19.9 Å². The number of nitrogens with zero attached hydrogens (tertiary/aromatic N) is 3. The van der Waals surface area contributed by atoms with Crippen LogP contribution in [0.2, 0.25) is 5.02 Å². The number of nitrogens with one attached hydrogen (secondary N) is 2. The highest BCUT2D eigenvalue weighted by Crippen LogP contribution is 2.25. The van der Waals surface area contributed by atoms with Gasteiger partial charge < -0.3 is 16.0 Å². The number of aromatic nitrogens is 4. The van der Waals surface area contributed by atoms with Crippen molar-refractivity contribution >= 4 is 45.1 Å². The predicted octanol–water partition coefficient (Wildman–Crippen LogP) is 4.92. The second-order valence-corrected chi connectivity index (χ2v) is 8.93.